The number of hydrogen-bond donors (Lipinski definition) is 0. The van der Waals surface area contributed by atoms with Crippen molar-refractivity contribution in [3.8, 4) is 11.3 Å². The number of ketones is 1. The highest BCUT2D eigenvalue weighted by molar-refractivity contribution is 7.16. The lowest BCUT2D eigenvalue weighted by atomic mass is 10.1. The van der Waals surface area contributed by atoms with Gasteiger partial charge in [0.15, 0.2) is 17.5 Å². The van der Waals surface area contributed by atoms with Gasteiger partial charge in [0.1, 0.15) is 0 Å². The van der Waals surface area contributed by atoms with Crippen molar-refractivity contribution < 1.29 is 19.1 Å². The maximum absolute atomic E-state index is 12.6. The number of carbonyl (C=O) groups is 3. The van der Waals surface area contributed by atoms with E-state index >= 15 is 0 Å². The smallest absolute Gasteiger partial charge is 0.311 e. The average Bonchev–Trinajstić information content (AvgIpc) is 3.35. The summed E-state index contributed by atoms with van der Waals surface area (Å²) in [7, 11) is 0. The van der Waals surface area contributed by atoms with Crippen molar-refractivity contribution in [2.24, 2.45) is 5.92 Å². The number of nitrogens with zero attached hydrogens (tertiary/aromatic N) is 2. The average molecular weight is 469 g/mol. The van der Waals surface area contributed by atoms with Gasteiger partial charge in [0.25, 0.3) is 0 Å². The molecule has 1 amide bonds. The van der Waals surface area contributed by atoms with Gasteiger partial charge in [-0.15, -0.1) is 11.3 Å². The molecule has 0 N–H and O–H groups in total. The first kappa shape index (κ1) is 22.2. The van der Waals surface area contributed by atoms with Crippen molar-refractivity contribution in [1.29, 1.82) is 0 Å². The van der Waals surface area contributed by atoms with Crippen molar-refractivity contribution in [3.05, 3.63) is 69.6 Å². The summed E-state index contributed by atoms with van der Waals surface area (Å²) in [6, 6.07) is 14.4. The Morgan fingerprint density at radius 3 is 2.66 bits per heavy atom. The zero-order valence-corrected chi connectivity index (χ0v) is 19.2. The van der Waals surface area contributed by atoms with E-state index in [-0.39, 0.29) is 31.3 Å². The van der Waals surface area contributed by atoms with Crippen molar-refractivity contribution >= 4 is 45.7 Å². The van der Waals surface area contributed by atoms with E-state index in [0.29, 0.717) is 15.7 Å². The zero-order chi connectivity index (χ0) is 22.8. The van der Waals surface area contributed by atoms with E-state index in [1.165, 1.54) is 16.2 Å². The van der Waals surface area contributed by atoms with Crippen LogP contribution in [-0.2, 0) is 14.3 Å². The Hall–Kier alpha value is -3.03. The van der Waals surface area contributed by atoms with Gasteiger partial charge in [-0.1, -0.05) is 53.6 Å². The van der Waals surface area contributed by atoms with E-state index in [2.05, 4.69) is 4.98 Å². The molecule has 0 saturated carbocycles. The van der Waals surface area contributed by atoms with Crippen molar-refractivity contribution in [3.63, 3.8) is 0 Å². The van der Waals surface area contributed by atoms with Crippen molar-refractivity contribution in [2.45, 2.75) is 20.3 Å². The summed E-state index contributed by atoms with van der Waals surface area (Å²) in [6.07, 6.45) is 0.0304. The fourth-order valence-electron chi connectivity index (χ4n) is 3.53. The highest BCUT2D eigenvalue weighted by atomic mass is 35.5. The number of carbonyl (C=O) groups excluding carboxylic acids is 3. The van der Waals surface area contributed by atoms with Crippen molar-refractivity contribution in [2.75, 3.05) is 18.1 Å². The molecule has 0 spiro atoms. The topological polar surface area (TPSA) is 76.6 Å². The largest absolute Gasteiger partial charge is 0.457 e. The summed E-state index contributed by atoms with van der Waals surface area (Å²) < 4.78 is 5.22. The summed E-state index contributed by atoms with van der Waals surface area (Å²) in [5, 5.41) is 1.14. The van der Waals surface area contributed by atoms with Crippen molar-refractivity contribution in [1.82, 2.24) is 4.98 Å². The molecule has 6 nitrogen and oxygen atoms in total. The summed E-state index contributed by atoms with van der Waals surface area (Å²) in [6.45, 7) is 3.69. The Morgan fingerprint density at radius 1 is 1.19 bits per heavy atom. The molecule has 1 aliphatic heterocycles. The van der Waals surface area contributed by atoms with Crippen LogP contribution >= 0.6 is 22.9 Å². The lowest BCUT2D eigenvalue weighted by molar-refractivity contribution is -0.147. The Morgan fingerprint density at radius 2 is 1.94 bits per heavy atom. The highest BCUT2D eigenvalue weighted by Crippen LogP contribution is 2.36. The number of ether oxygens (including phenoxy) is 1. The van der Waals surface area contributed by atoms with Crippen LogP contribution in [-0.4, -0.2) is 35.8 Å². The first-order chi connectivity index (χ1) is 15.3. The van der Waals surface area contributed by atoms with Gasteiger partial charge in [-0.25, -0.2) is 4.98 Å². The van der Waals surface area contributed by atoms with E-state index in [1.54, 1.807) is 18.2 Å². The normalized spacial score (nSPS) is 15.8. The zero-order valence-electron chi connectivity index (χ0n) is 17.6. The third kappa shape index (κ3) is 4.74. The maximum atomic E-state index is 12.6. The van der Waals surface area contributed by atoms with Crippen LogP contribution < -0.4 is 4.90 Å². The second-order valence-corrected chi connectivity index (χ2v) is 9.33. The van der Waals surface area contributed by atoms with Gasteiger partial charge in [0.2, 0.25) is 5.91 Å². The molecule has 1 aliphatic rings. The number of esters is 1. The molecular formula is C24H21ClN2O4S. The van der Waals surface area contributed by atoms with Crippen LogP contribution in [0.3, 0.4) is 0 Å². The van der Waals surface area contributed by atoms with Gasteiger partial charge < -0.3 is 4.74 Å². The number of aromatic nitrogens is 1. The van der Waals surface area contributed by atoms with E-state index in [1.807, 2.05) is 44.2 Å². The monoisotopic (exact) mass is 468 g/mol. The number of aryl methyl sites for hydroxylation is 2. The van der Waals surface area contributed by atoms with E-state index < -0.39 is 11.9 Å². The molecule has 0 aliphatic carbocycles. The molecule has 1 saturated heterocycles. The van der Waals surface area contributed by atoms with Gasteiger partial charge in [-0.05, 0) is 26.0 Å². The standard InChI is InChI=1S/C24H21ClN2O4S/c1-14-6-8-16(9-7-14)20(28)13-31-23(30)18-11-21(29)27(12-18)24-26-22(15(2)32-24)17-4-3-5-19(25)10-17/h3-10,18H,11-13H2,1-2H3/t18-/m1/s1. The number of Topliss-reactive ketones (excluding diaryl/α,β-unsaturated/α-hetero) is 1. The molecule has 2 aromatic carbocycles. The quantitative estimate of drug-likeness (QED) is 0.381. The summed E-state index contributed by atoms with van der Waals surface area (Å²) in [4.78, 5) is 44.4. The number of amides is 1. The molecular weight excluding hydrogens is 448 g/mol. The molecule has 0 unspecified atom stereocenters. The van der Waals surface area contributed by atoms with E-state index in [0.717, 1.165) is 21.7 Å². The van der Waals surface area contributed by atoms with Gasteiger partial charge in [-0.2, -0.15) is 0 Å². The third-order valence-electron chi connectivity index (χ3n) is 5.29. The molecule has 0 radical (unpaired) electrons. The number of hydrogen-bond acceptors (Lipinski definition) is 6. The third-order valence-corrected chi connectivity index (χ3v) is 6.52. The predicted octanol–water partition coefficient (Wildman–Crippen LogP) is 4.86. The van der Waals surface area contributed by atoms with E-state index in [4.69, 9.17) is 16.3 Å². The van der Waals surface area contributed by atoms with Crippen LogP contribution in [0.25, 0.3) is 11.3 Å². The predicted molar refractivity (Wildman–Crippen MR) is 124 cm³/mol. The lowest BCUT2D eigenvalue weighted by Gasteiger charge is -2.12. The Balaban J connectivity index is 1.41. The van der Waals surface area contributed by atoms with Gasteiger partial charge in [0.05, 0.1) is 11.6 Å². The van der Waals surface area contributed by atoms with Crippen LogP contribution in [0.1, 0.15) is 27.2 Å². The second-order valence-electron chi connectivity index (χ2n) is 7.71. The minimum Gasteiger partial charge on any atom is -0.457 e. The summed E-state index contributed by atoms with van der Waals surface area (Å²) >= 11 is 7.48. The van der Waals surface area contributed by atoms with Gasteiger partial charge >= 0.3 is 5.97 Å². The van der Waals surface area contributed by atoms with Crippen LogP contribution in [0.4, 0.5) is 5.13 Å². The number of anilines is 1. The maximum Gasteiger partial charge on any atom is 0.311 e. The van der Waals surface area contributed by atoms with Crippen LogP contribution in [0.15, 0.2) is 48.5 Å². The fourth-order valence-corrected chi connectivity index (χ4v) is 4.68. The molecule has 4 rings (SSSR count). The second kappa shape index (κ2) is 9.22. The highest BCUT2D eigenvalue weighted by Gasteiger charge is 2.38. The summed E-state index contributed by atoms with van der Waals surface area (Å²) in [5.74, 6) is -1.65. The number of rotatable bonds is 6. The molecule has 164 valence electrons. The Bertz CT molecular complexity index is 1190. The van der Waals surface area contributed by atoms with Crippen LogP contribution in [0.5, 0.6) is 0 Å². The molecule has 0 bridgehead atoms. The lowest BCUT2D eigenvalue weighted by Crippen LogP contribution is -2.27. The molecule has 3 aromatic rings. The first-order valence-corrected chi connectivity index (χ1v) is 11.3. The van der Waals surface area contributed by atoms with Crippen LogP contribution in [0, 0.1) is 19.8 Å². The first-order valence-electron chi connectivity index (χ1n) is 10.1. The number of thiazole rings is 1. The van der Waals surface area contributed by atoms with Gasteiger partial charge in [0, 0.05) is 34.0 Å². The molecule has 2 heterocycles. The SMILES string of the molecule is Cc1ccc(C(=O)COC(=O)[C@@H]2CC(=O)N(c3nc(-c4cccc(Cl)c4)c(C)s3)C2)cc1. The van der Waals surface area contributed by atoms with E-state index in [9.17, 15) is 14.4 Å². The molecule has 1 atom stereocenters. The molecule has 8 heteroatoms. The summed E-state index contributed by atoms with van der Waals surface area (Å²) in [5.41, 5.74) is 3.16. The number of halogens is 1. The minimum absolute atomic E-state index is 0.0304. The molecule has 1 fully saturated rings. The number of benzene rings is 2. The molecule has 32 heavy (non-hydrogen) atoms. The Labute approximate surface area is 194 Å². The fraction of sp³-hybridized carbons (Fsp3) is 0.250. The van der Waals surface area contributed by atoms with Gasteiger partial charge in [-0.3, -0.25) is 19.3 Å². The Kier molecular flexibility index (Phi) is 6.39. The molecule has 1 aromatic heterocycles. The van der Waals surface area contributed by atoms with Crippen LogP contribution in [0.2, 0.25) is 5.02 Å². The minimum atomic E-state index is -0.632.